The van der Waals surface area contributed by atoms with Crippen LogP contribution in [0.1, 0.15) is 64.8 Å². The number of nitrogens with one attached hydrogen (secondary N) is 2. The number of pyridine rings is 1. The second-order valence-electron chi connectivity index (χ2n) is 10.9. The fraction of sp³-hybridized carbons (Fsp3) is 0.229. The summed E-state index contributed by atoms with van der Waals surface area (Å²) in [7, 11) is 0. The number of fused-ring (bicyclic) bond motifs is 1. The van der Waals surface area contributed by atoms with Gasteiger partial charge in [0.15, 0.2) is 5.88 Å². The van der Waals surface area contributed by atoms with Crippen molar-refractivity contribution in [2.75, 3.05) is 13.1 Å². The first-order valence-electron chi connectivity index (χ1n) is 14.6. The Morgan fingerprint density at radius 1 is 0.952 bits per heavy atom. The molecule has 1 aliphatic heterocycles. The van der Waals surface area contributed by atoms with Crippen LogP contribution < -0.4 is 5.32 Å². The molecule has 0 spiro atoms. The molecule has 1 amide bonds. The topological polar surface area (TPSA) is 93.6 Å². The highest BCUT2D eigenvalue weighted by molar-refractivity contribution is 6.22. The van der Waals surface area contributed by atoms with Crippen LogP contribution in [-0.2, 0) is 6.54 Å². The van der Waals surface area contributed by atoms with E-state index in [1.54, 1.807) is 18.5 Å². The molecule has 1 atom stereocenters. The van der Waals surface area contributed by atoms with Gasteiger partial charge in [0.2, 0.25) is 0 Å². The smallest absolute Gasteiger partial charge is 0.251 e. The molecule has 3 aromatic carbocycles. The van der Waals surface area contributed by atoms with E-state index in [1.165, 1.54) is 24.8 Å². The van der Waals surface area contributed by atoms with Gasteiger partial charge in [0, 0.05) is 41.0 Å². The summed E-state index contributed by atoms with van der Waals surface area (Å²) in [4.78, 5) is 28.0. The van der Waals surface area contributed by atoms with Gasteiger partial charge in [-0.3, -0.25) is 14.7 Å². The third-order valence-corrected chi connectivity index (χ3v) is 7.91. The molecule has 3 heterocycles. The number of H-pyrrole nitrogens is 1. The molecular formula is C35H35N5O2. The maximum Gasteiger partial charge on any atom is 0.251 e. The van der Waals surface area contributed by atoms with Crippen molar-refractivity contribution in [1.29, 1.82) is 0 Å². The Labute approximate surface area is 246 Å². The van der Waals surface area contributed by atoms with Gasteiger partial charge in [-0.1, -0.05) is 48.9 Å². The number of piperidine rings is 1. The predicted molar refractivity (Wildman–Crippen MR) is 167 cm³/mol. The zero-order valence-corrected chi connectivity index (χ0v) is 23.8. The maximum absolute atomic E-state index is 13.3. The minimum atomic E-state index is -0.188. The van der Waals surface area contributed by atoms with Crippen LogP contribution >= 0.6 is 0 Å². The second-order valence-corrected chi connectivity index (χ2v) is 10.9. The van der Waals surface area contributed by atoms with Crippen LogP contribution in [0.2, 0.25) is 0 Å². The van der Waals surface area contributed by atoms with E-state index in [0.717, 1.165) is 36.4 Å². The highest BCUT2D eigenvalue weighted by atomic mass is 16.3. The van der Waals surface area contributed by atoms with Crippen molar-refractivity contribution in [3.05, 3.63) is 125 Å². The fourth-order valence-corrected chi connectivity index (χ4v) is 5.62. The molecule has 1 saturated heterocycles. The van der Waals surface area contributed by atoms with Gasteiger partial charge in [0.25, 0.3) is 5.91 Å². The van der Waals surface area contributed by atoms with Crippen molar-refractivity contribution in [3.8, 4) is 5.88 Å². The SMILES string of the molecule is C[C@H](NC(=O)c1ccc2[nH]c(O)c(C(=Nc3ccc(CN4CCCCC4)cc3)c3ccncc3)c2c1)c1ccccc1. The Bertz CT molecular complexity index is 1690. The van der Waals surface area contributed by atoms with Gasteiger partial charge < -0.3 is 15.4 Å². The van der Waals surface area contributed by atoms with Crippen molar-refractivity contribution in [1.82, 2.24) is 20.2 Å². The Morgan fingerprint density at radius 2 is 1.69 bits per heavy atom. The van der Waals surface area contributed by atoms with Crippen LogP contribution in [0, 0.1) is 0 Å². The minimum Gasteiger partial charge on any atom is -0.494 e. The summed E-state index contributed by atoms with van der Waals surface area (Å²) in [5.41, 5.74) is 6.24. The van der Waals surface area contributed by atoms with E-state index in [1.807, 2.05) is 73.7 Å². The van der Waals surface area contributed by atoms with E-state index in [9.17, 15) is 9.90 Å². The largest absolute Gasteiger partial charge is 0.494 e. The van der Waals surface area contributed by atoms with Crippen molar-refractivity contribution < 1.29 is 9.90 Å². The van der Waals surface area contributed by atoms with Crippen LogP contribution in [0.5, 0.6) is 5.88 Å². The molecule has 1 fully saturated rings. The van der Waals surface area contributed by atoms with Gasteiger partial charge in [-0.25, -0.2) is 4.99 Å². The number of aliphatic imine (C=N–C) groups is 1. The number of hydrogen-bond acceptors (Lipinski definition) is 5. The lowest BCUT2D eigenvalue weighted by atomic mass is 10.00. The molecule has 42 heavy (non-hydrogen) atoms. The standard InChI is InChI=1S/C35H35N5O2/c1-24(26-8-4-2-5-9-26)37-34(41)28-12-15-31-30(22-28)32(35(42)39-31)33(27-16-18-36-19-17-27)38-29-13-10-25(11-14-29)23-40-20-6-3-7-21-40/h2,4-5,8-19,22,24,39,42H,3,6-7,20-21,23H2,1H3,(H,37,41)/t24-/m0/s1. The third-order valence-electron chi connectivity index (χ3n) is 7.91. The number of carbonyl (C=O) groups is 1. The number of aromatic nitrogens is 2. The average Bonchev–Trinajstić information content (AvgIpc) is 3.36. The lowest BCUT2D eigenvalue weighted by molar-refractivity contribution is 0.0940. The highest BCUT2D eigenvalue weighted by Gasteiger charge is 2.21. The molecule has 0 aliphatic carbocycles. The molecule has 1 aliphatic rings. The van der Waals surface area contributed by atoms with Gasteiger partial charge in [-0.05, 0) is 86.4 Å². The predicted octanol–water partition coefficient (Wildman–Crippen LogP) is 6.91. The first-order chi connectivity index (χ1) is 20.5. The second kappa shape index (κ2) is 12.4. The van der Waals surface area contributed by atoms with Crippen molar-refractivity contribution >= 4 is 28.2 Å². The summed E-state index contributed by atoms with van der Waals surface area (Å²) in [5, 5.41) is 14.9. The Morgan fingerprint density at radius 3 is 2.43 bits per heavy atom. The molecule has 0 unspecified atom stereocenters. The molecule has 6 rings (SSSR count). The van der Waals surface area contributed by atoms with Crippen molar-refractivity contribution in [2.45, 2.75) is 38.8 Å². The lowest BCUT2D eigenvalue weighted by Gasteiger charge is -2.26. The number of amides is 1. The van der Waals surface area contributed by atoms with Gasteiger partial charge in [-0.15, -0.1) is 0 Å². The van der Waals surface area contributed by atoms with Crippen LogP contribution in [0.25, 0.3) is 10.9 Å². The molecule has 5 aromatic rings. The normalized spacial score (nSPS) is 15.0. The summed E-state index contributed by atoms with van der Waals surface area (Å²) >= 11 is 0. The van der Waals surface area contributed by atoms with Crippen molar-refractivity contribution in [2.24, 2.45) is 4.99 Å². The summed E-state index contributed by atoms with van der Waals surface area (Å²) in [6.45, 7) is 5.21. The number of rotatable bonds is 8. The van der Waals surface area contributed by atoms with Gasteiger partial charge >= 0.3 is 0 Å². The molecule has 0 radical (unpaired) electrons. The zero-order valence-electron chi connectivity index (χ0n) is 23.8. The lowest BCUT2D eigenvalue weighted by Crippen LogP contribution is -2.28. The number of hydrogen-bond donors (Lipinski definition) is 3. The molecule has 2 aromatic heterocycles. The minimum absolute atomic E-state index is 0.00232. The molecular weight excluding hydrogens is 522 g/mol. The van der Waals surface area contributed by atoms with E-state index in [2.05, 4.69) is 32.3 Å². The van der Waals surface area contributed by atoms with E-state index < -0.39 is 0 Å². The van der Waals surface area contributed by atoms with Gasteiger partial charge in [-0.2, -0.15) is 0 Å². The quantitative estimate of drug-likeness (QED) is 0.181. The molecule has 0 saturated carbocycles. The fourth-order valence-electron chi connectivity index (χ4n) is 5.62. The Kier molecular flexibility index (Phi) is 8.10. The average molecular weight is 558 g/mol. The number of carbonyl (C=O) groups excluding carboxylic acids is 1. The monoisotopic (exact) mass is 557 g/mol. The number of aromatic hydroxyl groups is 1. The molecule has 0 bridgehead atoms. The first-order valence-corrected chi connectivity index (χ1v) is 14.6. The Hall–Kier alpha value is -4.75. The van der Waals surface area contributed by atoms with E-state index in [4.69, 9.17) is 4.99 Å². The third kappa shape index (κ3) is 6.11. The number of aromatic amines is 1. The van der Waals surface area contributed by atoms with Crippen molar-refractivity contribution in [3.63, 3.8) is 0 Å². The number of likely N-dealkylation sites (tertiary alicyclic amines) is 1. The highest BCUT2D eigenvalue weighted by Crippen LogP contribution is 2.32. The molecule has 3 N–H and O–H groups in total. The van der Waals surface area contributed by atoms with Crippen LogP contribution in [0.15, 0.2) is 102 Å². The number of benzene rings is 3. The van der Waals surface area contributed by atoms with E-state index in [0.29, 0.717) is 27.7 Å². The van der Waals surface area contributed by atoms with Crippen LogP contribution in [0.3, 0.4) is 0 Å². The summed E-state index contributed by atoms with van der Waals surface area (Å²) in [5.74, 6) is -0.191. The molecule has 7 nitrogen and oxygen atoms in total. The summed E-state index contributed by atoms with van der Waals surface area (Å²) in [6, 6.07) is 27.2. The molecule has 212 valence electrons. The summed E-state index contributed by atoms with van der Waals surface area (Å²) < 4.78 is 0. The molecule has 7 heteroatoms. The number of nitrogens with zero attached hydrogens (tertiary/aromatic N) is 3. The summed E-state index contributed by atoms with van der Waals surface area (Å²) in [6.07, 6.45) is 7.27. The van der Waals surface area contributed by atoms with E-state index in [-0.39, 0.29) is 17.8 Å². The Balaban J connectivity index is 1.34. The van der Waals surface area contributed by atoms with Crippen LogP contribution in [0.4, 0.5) is 5.69 Å². The zero-order chi connectivity index (χ0) is 28.9. The van der Waals surface area contributed by atoms with Crippen LogP contribution in [-0.4, -0.2) is 44.7 Å². The first kappa shape index (κ1) is 27.4. The maximum atomic E-state index is 13.3. The van der Waals surface area contributed by atoms with Gasteiger partial charge in [0.1, 0.15) is 0 Å². The van der Waals surface area contributed by atoms with Gasteiger partial charge in [0.05, 0.1) is 23.0 Å². The van der Waals surface area contributed by atoms with E-state index >= 15 is 0 Å².